The maximum absolute atomic E-state index is 12.2. The highest BCUT2D eigenvalue weighted by atomic mass is 16.4. The lowest BCUT2D eigenvalue weighted by atomic mass is 9.84. The molecule has 1 N–H and O–H groups in total. The van der Waals surface area contributed by atoms with Crippen molar-refractivity contribution in [1.82, 2.24) is 4.90 Å². The van der Waals surface area contributed by atoms with E-state index < -0.39 is 11.9 Å². The lowest BCUT2D eigenvalue weighted by molar-refractivity contribution is -0.152. The van der Waals surface area contributed by atoms with E-state index in [-0.39, 0.29) is 11.9 Å². The summed E-state index contributed by atoms with van der Waals surface area (Å²) in [5.74, 6) is -1.25. The molecule has 2 atom stereocenters. The Balaban J connectivity index is 2.33. The minimum absolute atomic E-state index is 0.0739. The first kappa shape index (κ1) is 14.6. The Morgan fingerprint density at radius 3 is 2.65 bits per heavy atom. The Hall–Kier alpha value is -1.84. The Labute approximate surface area is 119 Å². The van der Waals surface area contributed by atoms with Crippen LogP contribution in [0.3, 0.4) is 0 Å². The summed E-state index contributed by atoms with van der Waals surface area (Å²) in [5, 5.41) is 9.46. The third kappa shape index (κ3) is 3.00. The highest BCUT2D eigenvalue weighted by Gasteiger charge is 2.40. The van der Waals surface area contributed by atoms with Crippen molar-refractivity contribution in [2.75, 3.05) is 6.54 Å². The van der Waals surface area contributed by atoms with Gasteiger partial charge in [0.2, 0.25) is 5.91 Å². The minimum atomic E-state index is -0.812. The molecular formula is C16H21NO3. The second-order valence-electron chi connectivity index (χ2n) is 5.28. The first-order valence-electron chi connectivity index (χ1n) is 7.22. The van der Waals surface area contributed by atoms with Gasteiger partial charge in [-0.2, -0.15) is 0 Å². The van der Waals surface area contributed by atoms with E-state index in [1.165, 1.54) is 0 Å². The zero-order valence-electron chi connectivity index (χ0n) is 11.8. The van der Waals surface area contributed by atoms with E-state index in [2.05, 4.69) is 6.92 Å². The zero-order valence-corrected chi connectivity index (χ0v) is 11.8. The number of unbranched alkanes of at least 4 members (excludes halogenated alkanes) is 1. The van der Waals surface area contributed by atoms with E-state index in [9.17, 15) is 14.7 Å². The summed E-state index contributed by atoms with van der Waals surface area (Å²) in [7, 11) is 0. The van der Waals surface area contributed by atoms with E-state index in [0.29, 0.717) is 19.4 Å². The maximum Gasteiger partial charge on any atom is 0.308 e. The van der Waals surface area contributed by atoms with Crippen LogP contribution in [-0.4, -0.2) is 28.4 Å². The van der Waals surface area contributed by atoms with Crippen molar-refractivity contribution < 1.29 is 14.7 Å². The molecule has 1 aliphatic rings. The summed E-state index contributed by atoms with van der Waals surface area (Å²) in [6, 6.07) is 9.19. The summed E-state index contributed by atoms with van der Waals surface area (Å²) in [6.45, 7) is 2.71. The highest BCUT2D eigenvalue weighted by Crippen LogP contribution is 2.36. The summed E-state index contributed by atoms with van der Waals surface area (Å²) < 4.78 is 0. The highest BCUT2D eigenvalue weighted by molar-refractivity contribution is 5.81. The molecule has 0 unspecified atom stereocenters. The second kappa shape index (κ2) is 6.55. The third-order valence-electron chi connectivity index (χ3n) is 3.92. The molecule has 1 aromatic carbocycles. The Morgan fingerprint density at radius 1 is 1.35 bits per heavy atom. The first-order chi connectivity index (χ1) is 9.65. The maximum atomic E-state index is 12.2. The van der Waals surface area contributed by atoms with Gasteiger partial charge in [-0.05, 0) is 18.4 Å². The molecule has 1 fully saturated rings. The van der Waals surface area contributed by atoms with Gasteiger partial charge >= 0.3 is 5.97 Å². The number of hydrogen-bond donors (Lipinski definition) is 1. The molecule has 4 heteroatoms. The van der Waals surface area contributed by atoms with Crippen LogP contribution in [0, 0.1) is 5.92 Å². The van der Waals surface area contributed by atoms with E-state index >= 15 is 0 Å². The molecule has 4 nitrogen and oxygen atoms in total. The van der Waals surface area contributed by atoms with E-state index in [1.54, 1.807) is 4.90 Å². The number of rotatable bonds is 5. The molecule has 1 amide bonds. The average Bonchev–Trinajstić information content (AvgIpc) is 2.46. The molecule has 0 aliphatic carbocycles. The van der Waals surface area contributed by atoms with Gasteiger partial charge in [0, 0.05) is 13.0 Å². The number of benzene rings is 1. The smallest absolute Gasteiger partial charge is 0.308 e. The number of hydrogen-bond acceptors (Lipinski definition) is 2. The molecule has 1 saturated heterocycles. The average molecular weight is 275 g/mol. The number of likely N-dealkylation sites (tertiary alicyclic amines) is 1. The van der Waals surface area contributed by atoms with Gasteiger partial charge in [0.15, 0.2) is 0 Å². The topological polar surface area (TPSA) is 57.6 Å². The fraction of sp³-hybridized carbons (Fsp3) is 0.500. The molecule has 0 spiro atoms. The van der Waals surface area contributed by atoms with Gasteiger partial charge in [-0.1, -0.05) is 43.7 Å². The molecule has 0 saturated carbocycles. The Bertz CT molecular complexity index is 472. The Morgan fingerprint density at radius 2 is 2.05 bits per heavy atom. The van der Waals surface area contributed by atoms with Gasteiger partial charge in [-0.3, -0.25) is 9.59 Å². The summed E-state index contributed by atoms with van der Waals surface area (Å²) in [5.41, 5.74) is 0.920. The molecule has 1 aromatic rings. The molecule has 108 valence electrons. The van der Waals surface area contributed by atoms with Gasteiger partial charge in [0.05, 0.1) is 12.0 Å². The predicted molar refractivity (Wildman–Crippen MR) is 76.2 cm³/mol. The van der Waals surface area contributed by atoms with Crippen molar-refractivity contribution in [2.45, 2.75) is 38.6 Å². The molecule has 0 bridgehead atoms. The van der Waals surface area contributed by atoms with Crippen molar-refractivity contribution >= 4 is 11.9 Å². The van der Waals surface area contributed by atoms with Crippen LogP contribution in [0.15, 0.2) is 30.3 Å². The molecule has 0 aromatic heterocycles. The van der Waals surface area contributed by atoms with Crippen molar-refractivity contribution in [1.29, 1.82) is 0 Å². The summed E-state index contributed by atoms with van der Waals surface area (Å²) in [6.07, 6.45) is 2.66. The molecule has 0 radical (unpaired) electrons. The number of carboxylic acids is 1. The lowest BCUT2D eigenvalue weighted by Crippen LogP contribution is -2.45. The molecule has 1 aliphatic heterocycles. The Kier molecular flexibility index (Phi) is 4.77. The van der Waals surface area contributed by atoms with Gasteiger partial charge in [-0.25, -0.2) is 0 Å². The number of aliphatic carboxylic acids is 1. The van der Waals surface area contributed by atoms with E-state index in [4.69, 9.17) is 0 Å². The monoisotopic (exact) mass is 275 g/mol. The van der Waals surface area contributed by atoms with Crippen LogP contribution in [-0.2, 0) is 9.59 Å². The van der Waals surface area contributed by atoms with Crippen molar-refractivity contribution in [3.8, 4) is 0 Å². The fourth-order valence-corrected chi connectivity index (χ4v) is 2.87. The molecular weight excluding hydrogens is 254 g/mol. The number of carboxylic acid groups (broad SMARTS) is 1. The first-order valence-corrected chi connectivity index (χ1v) is 7.22. The normalized spacial score (nSPS) is 22.9. The molecule has 2 rings (SSSR count). The number of amides is 1. The van der Waals surface area contributed by atoms with Gasteiger partial charge in [-0.15, -0.1) is 0 Å². The van der Waals surface area contributed by atoms with Crippen molar-refractivity contribution in [3.63, 3.8) is 0 Å². The summed E-state index contributed by atoms with van der Waals surface area (Å²) in [4.78, 5) is 25.5. The van der Waals surface area contributed by atoms with Crippen molar-refractivity contribution in [2.24, 2.45) is 5.92 Å². The van der Waals surface area contributed by atoms with Crippen LogP contribution in [0.1, 0.15) is 44.2 Å². The van der Waals surface area contributed by atoms with Crippen LogP contribution in [0.5, 0.6) is 0 Å². The van der Waals surface area contributed by atoms with Crippen LogP contribution in [0.4, 0.5) is 0 Å². The quantitative estimate of drug-likeness (QED) is 0.899. The fourth-order valence-electron chi connectivity index (χ4n) is 2.87. The predicted octanol–water partition coefficient (Wildman–Crippen LogP) is 2.85. The number of piperidine rings is 1. The van der Waals surface area contributed by atoms with E-state index in [1.807, 2.05) is 30.3 Å². The largest absolute Gasteiger partial charge is 0.481 e. The van der Waals surface area contributed by atoms with Crippen LogP contribution in [0.2, 0.25) is 0 Å². The number of nitrogens with zero attached hydrogens (tertiary/aromatic N) is 1. The van der Waals surface area contributed by atoms with Crippen LogP contribution < -0.4 is 0 Å². The summed E-state index contributed by atoms with van der Waals surface area (Å²) >= 11 is 0. The second-order valence-corrected chi connectivity index (χ2v) is 5.28. The SMILES string of the molecule is CCCCN1C(=O)CC[C@H](C(=O)O)[C@H]1c1ccccc1. The van der Waals surface area contributed by atoms with Gasteiger partial charge < -0.3 is 10.0 Å². The zero-order chi connectivity index (χ0) is 14.5. The van der Waals surface area contributed by atoms with E-state index in [0.717, 1.165) is 18.4 Å². The molecule has 20 heavy (non-hydrogen) atoms. The van der Waals surface area contributed by atoms with Gasteiger partial charge in [0.1, 0.15) is 0 Å². The third-order valence-corrected chi connectivity index (χ3v) is 3.92. The molecule has 1 heterocycles. The lowest BCUT2D eigenvalue weighted by Gasteiger charge is -2.40. The minimum Gasteiger partial charge on any atom is -0.481 e. The standard InChI is InChI=1S/C16H21NO3/c1-2-3-11-17-14(18)10-9-13(16(19)20)15(17)12-7-5-4-6-8-12/h4-8,13,15H,2-3,9-11H2,1H3,(H,19,20)/t13-,15+/m0/s1. The van der Waals surface area contributed by atoms with Crippen molar-refractivity contribution in [3.05, 3.63) is 35.9 Å². The number of carbonyl (C=O) groups excluding carboxylic acids is 1. The van der Waals surface area contributed by atoms with Gasteiger partial charge in [0.25, 0.3) is 0 Å². The van der Waals surface area contributed by atoms with Crippen LogP contribution >= 0.6 is 0 Å². The number of carbonyl (C=O) groups is 2. The van der Waals surface area contributed by atoms with Crippen LogP contribution in [0.25, 0.3) is 0 Å².